The summed E-state index contributed by atoms with van der Waals surface area (Å²) in [7, 11) is 1.66. The van der Waals surface area contributed by atoms with E-state index in [1.54, 1.807) is 13.2 Å². The maximum Gasteiger partial charge on any atom is 0.272 e. The van der Waals surface area contributed by atoms with Gasteiger partial charge in [-0.15, -0.1) is 0 Å². The maximum atomic E-state index is 12.7. The van der Waals surface area contributed by atoms with E-state index >= 15 is 0 Å². The Kier molecular flexibility index (Phi) is 4.09. The third kappa shape index (κ3) is 2.82. The zero-order valence-corrected chi connectivity index (χ0v) is 13.0. The van der Waals surface area contributed by atoms with E-state index < -0.39 is 0 Å². The highest BCUT2D eigenvalue weighted by molar-refractivity contribution is 5.92. The highest BCUT2D eigenvalue weighted by Gasteiger charge is 2.31. The Morgan fingerprint density at radius 3 is 2.68 bits per heavy atom. The third-order valence-corrected chi connectivity index (χ3v) is 4.12. The number of hydrogen-bond donors (Lipinski definition) is 0. The quantitative estimate of drug-likeness (QED) is 0.872. The van der Waals surface area contributed by atoms with Crippen molar-refractivity contribution < 1.29 is 9.53 Å². The van der Waals surface area contributed by atoms with Gasteiger partial charge in [-0.05, 0) is 49.6 Å². The van der Waals surface area contributed by atoms with E-state index in [-0.39, 0.29) is 11.9 Å². The number of methoxy groups -OCH3 is 1. The highest BCUT2D eigenvalue weighted by atomic mass is 16.5. The second kappa shape index (κ2) is 6.18. The molecule has 3 rings (SSSR count). The van der Waals surface area contributed by atoms with Crippen LogP contribution in [0, 0.1) is 6.92 Å². The van der Waals surface area contributed by atoms with E-state index in [9.17, 15) is 4.79 Å². The lowest BCUT2D eigenvalue weighted by atomic mass is 10.0. The number of likely N-dealkylation sites (tertiary alicyclic amines) is 1. The molecule has 1 saturated heterocycles. The van der Waals surface area contributed by atoms with Gasteiger partial charge in [0.1, 0.15) is 11.4 Å². The lowest BCUT2D eigenvalue weighted by molar-refractivity contribution is 0.0729. The summed E-state index contributed by atoms with van der Waals surface area (Å²) < 4.78 is 5.20. The van der Waals surface area contributed by atoms with E-state index in [2.05, 4.69) is 4.98 Å². The van der Waals surface area contributed by atoms with Gasteiger partial charge in [-0.3, -0.25) is 4.79 Å². The number of aryl methyl sites for hydroxylation is 1. The minimum atomic E-state index is 0.0158. The molecule has 1 amide bonds. The first-order valence-corrected chi connectivity index (χ1v) is 7.57. The summed E-state index contributed by atoms with van der Waals surface area (Å²) >= 11 is 0. The van der Waals surface area contributed by atoms with E-state index in [1.807, 2.05) is 48.2 Å². The molecule has 1 aromatic carbocycles. The molecular weight excluding hydrogens is 276 g/mol. The highest BCUT2D eigenvalue weighted by Crippen LogP contribution is 2.33. The fourth-order valence-electron chi connectivity index (χ4n) is 2.99. The zero-order valence-electron chi connectivity index (χ0n) is 13.0. The molecular formula is C18H20N2O2. The van der Waals surface area contributed by atoms with Crippen molar-refractivity contribution in [3.63, 3.8) is 0 Å². The first kappa shape index (κ1) is 14.6. The van der Waals surface area contributed by atoms with E-state index in [0.29, 0.717) is 5.69 Å². The van der Waals surface area contributed by atoms with Gasteiger partial charge in [0, 0.05) is 12.2 Å². The second-order valence-electron chi connectivity index (χ2n) is 5.59. The number of ether oxygens (including phenoxy) is 1. The number of benzene rings is 1. The maximum absolute atomic E-state index is 12.7. The van der Waals surface area contributed by atoms with Crippen LogP contribution in [-0.2, 0) is 0 Å². The van der Waals surface area contributed by atoms with Crippen LogP contribution in [-0.4, -0.2) is 29.4 Å². The molecule has 2 aromatic rings. The van der Waals surface area contributed by atoms with Crippen LogP contribution in [0.4, 0.5) is 0 Å². The summed E-state index contributed by atoms with van der Waals surface area (Å²) in [5.74, 6) is 0.849. The first-order chi connectivity index (χ1) is 10.7. The second-order valence-corrected chi connectivity index (χ2v) is 5.59. The minimum Gasteiger partial charge on any atom is -0.497 e. The Balaban J connectivity index is 1.84. The SMILES string of the molecule is COc1ccc(C2CCCN2C(=O)c2cccc(C)n2)cc1. The molecule has 1 fully saturated rings. The number of carbonyl (C=O) groups is 1. The number of amides is 1. The summed E-state index contributed by atoms with van der Waals surface area (Å²) in [5.41, 5.74) is 2.55. The van der Waals surface area contributed by atoms with Gasteiger partial charge in [-0.1, -0.05) is 18.2 Å². The number of hydrogen-bond acceptors (Lipinski definition) is 3. The molecule has 1 aliphatic heterocycles. The third-order valence-electron chi connectivity index (χ3n) is 4.12. The zero-order chi connectivity index (χ0) is 15.5. The van der Waals surface area contributed by atoms with E-state index in [0.717, 1.165) is 36.4 Å². The van der Waals surface area contributed by atoms with Gasteiger partial charge >= 0.3 is 0 Å². The number of nitrogens with zero attached hydrogens (tertiary/aromatic N) is 2. The van der Waals surface area contributed by atoms with Crippen molar-refractivity contribution in [3.8, 4) is 5.75 Å². The van der Waals surface area contributed by atoms with Crippen LogP contribution in [0.15, 0.2) is 42.5 Å². The van der Waals surface area contributed by atoms with Crippen molar-refractivity contribution in [3.05, 3.63) is 59.4 Å². The predicted molar refractivity (Wildman–Crippen MR) is 85.0 cm³/mol. The average molecular weight is 296 g/mol. The van der Waals surface area contributed by atoms with Gasteiger partial charge in [-0.25, -0.2) is 4.98 Å². The Morgan fingerprint density at radius 1 is 1.23 bits per heavy atom. The van der Waals surface area contributed by atoms with Gasteiger partial charge in [-0.2, -0.15) is 0 Å². The Morgan fingerprint density at radius 2 is 2.00 bits per heavy atom. The predicted octanol–water partition coefficient (Wildman–Crippen LogP) is 3.38. The summed E-state index contributed by atoms with van der Waals surface area (Å²) in [4.78, 5) is 19.0. The van der Waals surface area contributed by atoms with Gasteiger partial charge in [0.05, 0.1) is 13.2 Å². The number of carbonyl (C=O) groups excluding carboxylic acids is 1. The molecule has 1 aromatic heterocycles. The molecule has 0 bridgehead atoms. The summed E-state index contributed by atoms with van der Waals surface area (Å²) in [6, 6.07) is 13.7. The van der Waals surface area contributed by atoms with Crippen molar-refractivity contribution in [1.29, 1.82) is 0 Å². The van der Waals surface area contributed by atoms with Crippen molar-refractivity contribution in [2.45, 2.75) is 25.8 Å². The molecule has 0 N–H and O–H groups in total. The van der Waals surface area contributed by atoms with Crippen molar-refractivity contribution in [2.75, 3.05) is 13.7 Å². The summed E-state index contributed by atoms with van der Waals surface area (Å²) in [6.07, 6.45) is 2.01. The van der Waals surface area contributed by atoms with Crippen LogP contribution in [0.1, 0.15) is 40.6 Å². The Labute approximate surface area is 130 Å². The molecule has 4 nitrogen and oxygen atoms in total. The smallest absolute Gasteiger partial charge is 0.272 e. The molecule has 0 aliphatic carbocycles. The number of aromatic nitrogens is 1. The van der Waals surface area contributed by atoms with Gasteiger partial charge in [0.2, 0.25) is 0 Å². The van der Waals surface area contributed by atoms with Crippen molar-refractivity contribution >= 4 is 5.91 Å². The van der Waals surface area contributed by atoms with Crippen LogP contribution < -0.4 is 4.74 Å². The Bertz CT molecular complexity index is 667. The summed E-state index contributed by atoms with van der Waals surface area (Å²) in [5, 5.41) is 0. The minimum absolute atomic E-state index is 0.0158. The molecule has 114 valence electrons. The summed E-state index contributed by atoms with van der Waals surface area (Å²) in [6.45, 7) is 2.69. The van der Waals surface area contributed by atoms with Crippen molar-refractivity contribution in [2.24, 2.45) is 0 Å². The van der Waals surface area contributed by atoms with Crippen molar-refractivity contribution in [1.82, 2.24) is 9.88 Å². The molecule has 0 radical (unpaired) electrons. The van der Waals surface area contributed by atoms with E-state index in [4.69, 9.17) is 4.74 Å². The molecule has 0 saturated carbocycles. The molecule has 1 unspecified atom stereocenters. The largest absolute Gasteiger partial charge is 0.497 e. The number of pyridine rings is 1. The fraction of sp³-hybridized carbons (Fsp3) is 0.333. The van der Waals surface area contributed by atoms with Crippen LogP contribution in [0.2, 0.25) is 0 Å². The topological polar surface area (TPSA) is 42.4 Å². The molecule has 22 heavy (non-hydrogen) atoms. The first-order valence-electron chi connectivity index (χ1n) is 7.57. The standard InChI is InChI=1S/C18H20N2O2/c1-13-5-3-6-16(19-13)18(21)20-12-4-7-17(20)14-8-10-15(22-2)11-9-14/h3,5-6,8-11,17H,4,7,12H2,1-2H3. The van der Waals surface area contributed by atoms with Gasteiger partial charge in [0.15, 0.2) is 0 Å². The van der Waals surface area contributed by atoms with Gasteiger partial charge in [0.25, 0.3) is 5.91 Å². The van der Waals surface area contributed by atoms with E-state index in [1.165, 1.54) is 0 Å². The Hall–Kier alpha value is -2.36. The fourth-order valence-corrected chi connectivity index (χ4v) is 2.99. The van der Waals surface area contributed by atoms with Crippen LogP contribution in [0.25, 0.3) is 0 Å². The molecule has 4 heteroatoms. The molecule has 1 aliphatic rings. The monoisotopic (exact) mass is 296 g/mol. The van der Waals surface area contributed by atoms with Crippen LogP contribution in [0.3, 0.4) is 0 Å². The van der Waals surface area contributed by atoms with Gasteiger partial charge < -0.3 is 9.64 Å². The van der Waals surface area contributed by atoms with Crippen LogP contribution in [0.5, 0.6) is 5.75 Å². The average Bonchev–Trinajstić information content (AvgIpc) is 3.04. The normalized spacial score (nSPS) is 17.5. The van der Waals surface area contributed by atoms with Crippen LogP contribution >= 0.6 is 0 Å². The molecule has 2 heterocycles. The molecule has 1 atom stereocenters. The lowest BCUT2D eigenvalue weighted by Gasteiger charge is -2.25. The number of rotatable bonds is 3. The molecule has 0 spiro atoms. The lowest BCUT2D eigenvalue weighted by Crippen LogP contribution is -2.31.